The molecule has 5 aromatic rings. The van der Waals surface area contributed by atoms with Gasteiger partial charge in [0.05, 0.1) is 54.5 Å². The number of aromatic nitrogens is 6. The van der Waals surface area contributed by atoms with E-state index >= 15 is 0 Å². The molecule has 0 amide bonds. The van der Waals surface area contributed by atoms with Crippen LogP contribution in [0.2, 0.25) is 5.15 Å². The monoisotopic (exact) mass is 798 g/mol. The summed E-state index contributed by atoms with van der Waals surface area (Å²) < 4.78 is 14.6. The molecule has 1 N–H and O–H groups in total. The van der Waals surface area contributed by atoms with Crippen LogP contribution in [0.1, 0.15) is 83.5 Å². The summed E-state index contributed by atoms with van der Waals surface area (Å²) in [5, 5.41) is 18.6. The third-order valence-electron chi connectivity index (χ3n) is 11.9. The summed E-state index contributed by atoms with van der Waals surface area (Å²) in [4.78, 5) is 36.5. The molecular formula is C43H55ClN8O5. The van der Waals surface area contributed by atoms with Crippen LogP contribution in [0.5, 0.6) is 5.75 Å². The highest BCUT2D eigenvalue weighted by Gasteiger charge is 2.31. The van der Waals surface area contributed by atoms with Crippen molar-refractivity contribution in [2.45, 2.75) is 91.3 Å². The summed E-state index contributed by atoms with van der Waals surface area (Å²) in [6.45, 7) is 11.8. The Morgan fingerprint density at radius 1 is 0.737 bits per heavy atom. The van der Waals surface area contributed by atoms with Crippen molar-refractivity contribution in [2.24, 2.45) is 23.2 Å². The van der Waals surface area contributed by atoms with Crippen molar-refractivity contribution in [3.63, 3.8) is 0 Å². The molecule has 2 aliphatic heterocycles. The van der Waals surface area contributed by atoms with Gasteiger partial charge in [-0.1, -0.05) is 32.4 Å². The number of nitrogens with zero attached hydrogens (tertiary/aromatic N) is 8. The molecule has 14 heteroatoms. The molecule has 6 heterocycles. The fourth-order valence-corrected chi connectivity index (χ4v) is 8.52. The van der Waals surface area contributed by atoms with Crippen LogP contribution in [0.15, 0.2) is 60.9 Å². The van der Waals surface area contributed by atoms with Gasteiger partial charge < -0.3 is 14.6 Å². The van der Waals surface area contributed by atoms with Crippen LogP contribution in [-0.2, 0) is 27.4 Å². The standard InChI is InChI=1S/C29H38N4O3.C14H17ClN4O2/c1-29(2,3)22-6-10-25(11-7-22)36-24-8-4-20(5-9-24)26-12-13-27-30-23(19-33(27)31-26)18-32-16-14-21(15-17-32)28(34)35;1-21-14(20)10-4-6-18(7-5-10)8-11-9-19-13(16-11)3-2-12(15)17-19/h4-5,8-9,12-13,19,21-22,25H,6-7,10-11,14-18H2,1-3H3,(H,34,35);2-3,9-10H,4-8H2,1H3. The van der Waals surface area contributed by atoms with Gasteiger partial charge >= 0.3 is 11.9 Å². The molecule has 2 saturated heterocycles. The second-order valence-electron chi connectivity index (χ2n) is 16.9. The lowest BCUT2D eigenvalue weighted by Gasteiger charge is -2.36. The molecule has 0 unspecified atom stereocenters. The van der Waals surface area contributed by atoms with Gasteiger partial charge in [0.15, 0.2) is 11.3 Å². The minimum atomic E-state index is -0.679. The van der Waals surface area contributed by atoms with Gasteiger partial charge in [0.2, 0.25) is 0 Å². The Bertz CT molecular complexity index is 2120. The van der Waals surface area contributed by atoms with Crippen molar-refractivity contribution in [1.29, 1.82) is 0 Å². The zero-order chi connectivity index (χ0) is 40.1. The molecular weight excluding hydrogens is 744 g/mol. The number of esters is 1. The first kappa shape index (κ1) is 40.6. The fraction of sp³-hybridized carbons (Fsp3) is 0.535. The first-order valence-corrected chi connectivity index (χ1v) is 20.7. The van der Waals surface area contributed by atoms with Gasteiger partial charge in [-0.15, -0.1) is 0 Å². The number of rotatable bonds is 9. The number of hydrogen-bond acceptors (Lipinski definition) is 10. The van der Waals surface area contributed by atoms with E-state index in [9.17, 15) is 14.7 Å². The highest BCUT2D eigenvalue weighted by molar-refractivity contribution is 6.29. The van der Waals surface area contributed by atoms with Crippen molar-refractivity contribution in [2.75, 3.05) is 33.3 Å². The van der Waals surface area contributed by atoms with E-state index in [0.29, 0.717) is 36.1 Å². The summed E-state index contributed by atoms with van der Waals surface area (Å²) in [7, 11) is 1.45. The average molecular weight is 799 g/mol. The van der Waals surface area contributed by atoms with E-state index in [-0.39, 0.29) is 17.8 Å². The number of carbonyl (C=O) groups excluding carboxylic acids is 1. The number of carboxylic acids is 1. The van der Waals surface area contributed by atoms with Crippen LogP contribution in [0.25, 0.3) is 22.6 Å². The highest BCUT2D eigenvalue weighted by Crippen LogP contribution is 2.39. The summed E-state index contributed by atoms with van der Waals surface area (Å²) >= 11 is 5.87. The Balaban J connectivity index is 0.000000200. The number of methoxy groups -OCH3 is 1. The molecule has 13 nitrogen and oxygen atoms in total. The number of piperidine rings is 2. The summed E-state index contributed by atoms with van der Waals surface area (Å²) in [6.07, 6.45) is 12.0. The number of ether oxygens (including phenoxy) is 2. The predicted octanol–water partition coefficient (Wildman–Crippen LogP) is 7.44. The SMILES string of the molecule is CC(C)(C)C1CCC(Oc2ccc(-c3ccc4nc(CN5CCC(C(=O)O)CC5)cn4n3)cc2)CC1.COC(=O)C1CCN(Cc2cn3nc(Cl)ccc3n2)CC1. The smallest absolute Gasteiger partial charge is 0.308 e. The molecule has 0 bridgehead atoms. The molecule has 3 fully saturated rings. The highest BCUT2D eigenvalue weighted by atomic mass is 35.5. The molecule has 1 aromatic carbocycles. The number of likely N-dealkylation sites (tertiary alicyclic amines) is 2. The minimum absolute atomic E-state index is 0.0350. The second-order valence-corrected chi connectivity index (χ2v) is 17.3. The van der Waals surface area contributed by atoms with Crippen molar-refractivity contribution in [1.82, 2.24) is 39.0 Å². The van der Waals surface area contributed by atoms with E-state index in [1.165, 1.54) is 20.0 Å². The Kier molecular flexibility index (Phi) is 12.8. The van der Waals surface area contributed by atoms with Crippen molar-refractivity contribution >= 4 is 34.8 Å². The summed E-state index contributed by atoms with van der Waals surface area (Å²) in [5.41, 5.74) is 5.85. The van der Waals surface area contributed by atoms with Gasteiger partial charge in [0, 0.05) is 18.7 Å². The number of benzene rings is 1. The lowest BCUT2D eigenvalue weighted by molar-refractivity contribution is -0.147. The normalized spacial score (nSPS) is 20.3. The van der Waals surface area contributed by atoms with Crippen LogP contribution in [0.3, 0.4) is 0 Å². The molecule has 304 valence electrons. The van der Waals surface area contributed by atoms with Crippen LogP contribution in [0.4, 0.5) is 0 Å². The maximum atomic E-state index is 11.5. The largest absolute Gasteiger partial charge is 0.490 e. The van der Waals surface area contributed by atoms with Crippen molar-refractivity contribution in [3.05, 3.63) is 77.5 Å². The van der Waals surface area contributed by atoms with Gasteiger partial charge in [0.1, 0.15) is 10.9 Å². The summed E-state index contributed by atoms with van der Waals surface area (Å²) in [6, 6.07) is 15.9. The van der Waals surface area contributed by atoms with Gasteiger partial charge in [-0.2, -0.15) is 10.2 Å². The molecule has 0 radical (unpaired) electrons. The maximum Gasteiger partial charge on any atom is 0.308 e. The van der Waals surface area contributed by atoms with E-state index in [4.69, 9.17) is 31.2 Å². The van der Waals surface area contributed by atoms with E-state index < -0.39 is 5.97 Å². The first-order valence-electron chi connectivity index (χ1n) is 20.3. The molecule has 57 heavy (non-hydrogen) atoms. The topological polar surface area (TPSA) is 140 Å². The number of fused-ring (bicyclic) bond motifs is 2. The van der Waals surface area contributed by atoms with Gasteiger partial charge in [0.25, 0.3) is 0 Å². The lowest BCUT2D eigenvalue weighted by Crippen LogP contribution is -2.36. The second kappa shape index (κ2) is 17.9. The van der Waals surface area contributed by atoms with Crippen molar-refractivity contribution < 1.29 is 24.2 Å². The van der Waals surface area contributed by atoms with Gasteiger partial charge in [-0.3, -0.25) is 19.4 Å². The lowest BCUT2D eigenvalue weighted by atomic mass is 9.72. The zero-order valence-electron chi connectivity index (χ0n) is 33.5. The predicted molar refractivity (Wildman–Crippen MR) is 218 cm³/mol. The molecule has 8 rings (SSSR count). The Morgan fingerprint density at radius 2 is 1.28 bits per heavy atom. The maximum absolute atomic E-state index is 11.5. The van der Waals surface area contributed by atoms with E-state index in [1.54, 1.807) is 10.6 Å². The average Bonchev–Trinajstić information content (AvgIpc) is 3.80. The number of aliphatic carboxylic acids is 1. The number of hydrogen-bond donors (Lipinski definition) is 1. The third kappa shape index (κ3) is 10.5. The molecule has 3 aliphatic rings. The van der Waals surface area contributed by atoms with Crippen LogP contribution < -0.4 is 4.74 Å². The number of carbonyl (C=O) groups is 2. The molecule has 1 saturated carbocycles. The molecule has 0 atom stereocenters. The van der Waals surface area contributed by atoms with Gasteiger partial charge in [-0.05, 0) is 137 Å². The molecule has 1 aliphatic carbocycles. The zero-order valence-corrected chi connectivity index (χ0v) is 34.3. The first-order chi connectivity index (χ1) is 27.4. The van der Waals surface area contributed by atoms with E-state index in [1.807, 2.05) is 35.1 Å². The van der Waals surface area contributed by atoms with E-state index in [0.717, 1.165) is 104 Å². The van der Waals surface area contributed by atoms with Crippen LogP contribution in [0, 0.1) is 23.2 Å². The third-order valence-corrected chi connectivity index (χ3v) is 12.1. The number of imidazole rings is 2. The quantitative estimate of drug-likeness (QED) is 0.149. The van der Waals surface area contributed by atoms with E-state index in [2.05, 4.69) is 64.9 Å². The van der Waals surface area contributed by atoms with Crippen LogP contribution >= 0.6 is 11.6 Å². The Labute approximate surface area is 339 Å². The Hall–Kier alpha value is -4.59. The summed E-state index contributed by atoms with van der Waals surface area (Å²) in [5.74, 6) is 0.756. The van der Waals surface area contributed by atoms with Gasteiger partial charge in [-0.25, -0.2) is 19.0 Å². The number of carboxylic acid groups (broad SMARTS) is 1. The van der Waals surface area contributed by atoms with Crippen molar-refractivity contribution in [3.8, 4) is 17.0 Å². The molecule has 0 spiro atoms. The number of halogens is 1. The van der Waals surface area contributed by atoms with Crippen LogP contribution in [-0.4, -0.2) is 95.4 Å². The Morgan fingerprint density at radius 3 is 1.82 bits per heavy atom. The molecule has 4 aromatic heterocycles. The fourth-order valence-electron chi connectivity index (χ4n) is 8.38. The minimum Gasteiger partial charge on any atom is -0.490 e.